The lowest BCUT2D eigenvalue weighted by Gasteiger charge is -2.17. The number of unbranched alkanes of at least 4 members (excludes halogenated alkanes) is 1. The minimum Gasteiger partial charge on any atom is -0.493 e. The van der Waals surface area contributed by atoms with Gasteiger partial charge in [-0.2, -0.15) is 0 Å². The lowest BCUT2D eigenvalue weighted by molar-refractivity contribution is 0.280. The Bertz CT molecular complexity index is 664. The van der Waals surface area contributed by atoms with Crippen LogP contribution in [0.3, 0.4) is 0 Å². The maximum atomic E-state index is 6.22. The van der Waals surface area contributed by atoms with Crippen molar-refractivity contribution in [2.24, 2.45) is 0 Å². The van der Waals surface area contributed by atoms with Crippen molar-refractivity contribution in [2.45, 2.75) is 32.9 Å². The molecule has 3 nitrogen and oxygen atoms in total. The third-order valence-electron chi connectivity index (χ3n) is 3.73. The second-order valence-corrected chi connectivity index (χ2v) is 6.73. The Morgan fingerprint density at radius 3 is 2.67 bits per heavy atom. The van der Waals surface area contributed by atoms with Crippen LogP contribution in [0.5, 0.6) is 11.5 Å². The highest BCUT2D eigenvalue weighted by Gasteiger charge is 2.15. The van der Waals surface area contributed by atoms with Gasteiger partial charge >= 0.3 is 0 Å². The topological polar surface area (TPSA) is 30.5 Å². The molecule has 0 aliphatic rings. The van der Waals surface area contributed by atoms with Gasteiger partial charge in [-0.1, -0.05) is 59.1 Å². The molecular weight excluding hydrogens is 390 g/mol. The quantitative estimate of drug-likeness (QED) is 0.545. The monoisotopic (exact) mass is 411 g/mol. The fourth-order valence-corrected chi connectivity index (χ4v) is 2.99. The second kappa shape index (κ2) is 9.92. The molecule has 2 aromatic carbocycles. The number of methoxy groups -OCH3 is 1. The summed E-state index contributed by atoms with van der Waals surface area (Å²) in [6, 6.07) is 11.6. The van der Waals surface area contributed by atoms with E-state index in [-0.39, 0.29) is 0 Å². The Morgan fingerprint density at radius 2 is 1.96 bits per heavy atom. The highest BCUT2D eigenvalue weighted by atomic mass is 79.9. The molecule has 0 radical (unpaired) electrons. The molecule has 0 saturated carbocycles. The van der Waals surface area contributed by atoms with Crippen molar-refractivity contribution in [3.63, 3.8) is 0 Å². The van der Waals surface area contributed by atoms with Gasteiger partial charge in [-0.05, 0) is 31.2 Å². The smallest absolute Gasteiger partial charge is 0.167 e. The number of nitrogens with one attached hydrogen (secondary N) is 1. The van der Waals surface area contributed by atoms with Gasteiger partial charge in [0.1, 0.15) is 6.61 Å². The molecule has 0 aliphatic heterocycles. The first-order valence-corrected chi connectivity index (χ1v) is 9.26. The number of hydrogen-bond donors (Lipinski definition) is 1. The largest absolute Gasteiger partial charge is 0.493 e. The highest BCUT2D eigenvalue weighted by molar-refractivity contribution is 9.10. The van der Waals surface area contributed by atoms with E-state index < -0.39 is 0 Å². The van der Waals surface area contributed by atoms with Crippen molar-refractivity contribution in [2.75, 3.05) is 13.7 Å². The van der Waals surface area contributed by atoms with Crippen molar-refractivity contribution >= 4 is 27.5 Å². The Morgan fingerprint density at radius 1 is 1.17 bits per heavy atom. The first kappa shape index (κ1) is 19.1. The van der Waals surface area contributed by atoms with Gasteiger partial charge in [0.25, 0.3) is 0 Å². The van der Waals surface area contributed by atoms with E-state index in [1.54, 1.807) is 7.11 Å². The first-order valence-electron chi connectivity index (χ1n) is 8.09. The van der Waals surface area contributed by atoms with Crippen LogP contribution in [0, 0.1) is 0 Å². The zero-order chi connectivity index (χ0) is 17.4. The van der Waals surface area contributed by atoms with Gasteiger partial charge in [0.05, 0.1) is 7.11 Å². The normalized spacial score (nSPS) is 10.7. The third-order valence-corrected chi connectivity index (χ3v) is 4.84. The Labute approximate surface area is 157 Å². The molecule has 0 fully saturated rings. The van der Waals surface area contributed by atoms with Crippen LogP contribution in [-0.2, 0) is 13.2 Å². The van der Waals surface area contributed by atoms with Gasteiger partial charge in [0.2, 0.25) is 0 Å². The molecule has 1 N–H and O–H groups in total. The van der Waals surface area contributed by atoms with Crippen LogP contribution in [0.4, 0.5) is 0 Å². The molecule has 0 unspecified atom stereocenters. The number of hydrogen-bond acceptors (Lipinski definition) is 3. The van der Waals surface area contributed by atoms with Crippen LogP contribution in [0.25, 0.3) is 0 Å². The third kappa shape index (κ3) is 5.13. The number of rotatable bonds is 9. The molecule has 0 spiro atoms. The van der Waals surface area contributed by atoms with Crippen LogP contribution >= 0.6 is 27.5 Å². The van der Waals surface area contributed by atoms with Crippen molar-refractivity contribution in [3.8, 4) is 11.5 Å². The number of ether oxygens (including phenoxy) is 2. The number of benzene rings is 2. The summed E-state index contributed by atoms with van der Waals surface area (Å²) in [6.07, 6.45) is 2.32. The van der Waals surface area contributed by atoms with E-state index in [0.717, 1.165) is 46.6 Å². The van der Waals surface area contributed by atoms with E-state index in [9.17, 15) is 0 Å². The van der Waals surface area contributed by atoms with Gasteiger partial charge in [0.15, 0.2) is 11.5 Å². The molecule has 0 heterocycles. The Kier molecular flexibility index (Phi) is 7.89. The summed E-state index contributed by atoms with van der Waals surface area (Å²) in [6.45, 7) is 4.27. The number of halogens is 2. The first-order chi connectivity index (χ1) is 11.7. The summed E-state index contributed by atoms with van der Waals surface area (Å²) in [5.41, 5.74) is 2.00. The lowest BCUT2D eigenvalue weighted by Crippen LogP contribution is -2.16. The maximum absolute atomic E-state index is 6.22. The van der Waals surface area contributed by atoms with E-state index in [1.807, 2.05) is 36.4 Å². The van der Waals surface area contributed by atoms with E-state index >= 15 is 0 Å². The van der Waals surface area contributed by atoms with Crippen LogP contribution in [0.15, 0.2) is 40.9 Å². The zero-order valence-corrected chi connectivity index (χ0v) is 16.4. The molecule has 0 bridgehead atoms. The molecule has 0 aliphatic carbocycles. The average Bonchev–Trinajstić information content (AvgIpc) is 2.59. The minimum absolute atomic E-state index is 0.397. The van der Waals surface area contributed by atoms with E-state index in [2.05, 4.69) is 28.2 Å². The second-order valence-electron chi connectivity index (χ2n) is 5.47. The van der Waals surface area contributed by atoms with Crippen LogP contribution in [0.1, 0.15) is 30.9 Å². The molecule has 0 atom stereocenters. The maximum Gasteiger partial charge on any atom is 0.167 e. The molecule has 2 rings (SSSR count). The lowest BCUT2D eigenvalue weighted by atomic mass is 10.1. The van der Waals surface area contributed by atoms with Crippen LogP contribution in [-0.4, -0.2) is 13.7 Å². The van der Waals surface area contributed by atoms with Gasteiger partial charge in [0, 0.05) is 27.2 Å². The highest BCUT2D eigenvalue weighted by Crippen LogP contribution is 2.37. The molecule has 0 amide bonds. The van der Waals surface area contributed by atoms with Gasteiger partial charge in [-0.25, -0.2) is 0 Å². The van der Waals surface area contributed by atoms with Crippen molar-refractivity contribution in [1.82, 2.24) is 5.32 Å². The summed E-state index contributed by atoms with van der Waals surface area (Å²) < 4.78 is 12.6. The Balaban J connectivity index is 2.19. The fraction of sp³-hybridized carbons (Fsp3) is 0.368. The summed E-state index contributed by atoms with van der Waals surface area (Å²) in [4.78, 5) is 0. The minimum atomic E-state index is 0.397. The van der Waals surface area contributed by atoms with Crippen molar-refractivity contribution < 1.29 is 9.47 Å². The molecule has 0 saturated heterocycles. The fourth-order valence-electron chi connectivity index (χ4n) is 2.35. The van der Waals surface area contributed by atoms with Crippen LogP contribution in [0.2, 0.25) is 5.02 Å². The summed E-state index contributed by atoms with van der Waals surface area (Å²) in [5, 5.41) is 4.16. The molecule has 2 aromatic rings. The SMILES string of the molecule is CCCCNCc1c(Br)ccc(OC)c1OCc1ccccc1Cl. The van der Waals surface area contributed by atoms with Gasteiger partial charge < -0.3 is 14.8 Å². The Hall–Kier alpha value is -1.23. The van der Waals surface area contributed by atoms with E-state index in [0.29, 0.717) is 11.6 Å². The zero-order valence-electron chi connectivity index (χ0n) is 14.1. The average molecular weight is 413 g/mol. The van der Waals surface area contributed by atoms with Crippen molar-refractivity contribution in [1.29, 1.82) is 0 Å². The van der Waals surface area contributed by atoms with E-state index in [4.69, 9.17) is 21.1 Å². The molecule has 130 valence electrons. The van der Waals surface area contributed by atoms with Crippen LogP contribution < -0.4 is 14.8 Å². The van der Waals surface area contributed by atoms with Gasteiger partial charge in [-0.3, -0.25) is 0 Å². The summed E-state index contributed by atoms with van der Waals surface area (Å²) in [5.74, 6) is 1.47. The predicted molar refractivity (Wildman–Crippen MR) is 103 cm³/mol. The molecule has 0 aromatic heterocycles. The predicted octanol–water partition coefficient (Wildman–Crippen LogP) is 5.58. The molecular formula is C19H23BrClNO2. The summed E-state index contributed by atoms with van der Waals surface area (Å²) >= 11 is 9.84. The van der Waals surface area contributed by atoms with Gasteiger partial charge in [-0.15, -0.1) is 0 Å². The van der Waals surface area contributed by atoms with Crippen molar-refractivity contribution in [3.05, 3.63) is 57.0 Å². The molecule has 5 heteroatoms. The standard InChI is InChI=1S/C19H23BrClNO2/c1-3-4-11-22-12-15-16(20)9-10-18(23-2)19(15)24-13-14-7-5-6-8-17(14)21/h5-10,22H,3-4,11-13H2,1-2H3. The summed E-state index contributed by atoms with van der Waals surface area (Å²) in [7, 11) is 1.65. The van der Waals surface area contributed by atoms with E-state index in [1.165, 1.54) is 6.42 Å². The molecule has 24 heavy (non-hydrogen) atoms.